The Labute approximate surface area is 138 Å². The zero-order valence-electron chi connectivity index (χ0n) is 12.5. The van der Waals surface area contributed by atoms with Crippen LogP contribution in [0.1, 0.15) is 12.8 Å². The maximum atomic E-state index is 13.2. The molecule has 1 N–H and O–H groups in total. The summed E-state index contributed by atoms with van der Waals surface area (Å²) in [6, 6.07) is 8.56. The lowest BCUT2D eigenvalue weighted by Crippen LogP contribution is -2.23. The molecule has 126 valence electrons. The lowest BCUT2D eigenvalue weighted by Gasteiger charge is -2.16. The third kappa shape index (κ3) is 3.23. The molecular weight excluding hydrogens is 338 g/mol. The number of nitrogens with one attached hydrogen (secondary N) is 1. The summed E-state index contributed by atoms with van der Waals surface area (Å²) in [5.41, 5.74) is 0.553. The van der Waals surface area contributed by atoms with Crippen LogP contribution in [-0.2, 0) is 14.8 Å². The van der Waals surface area contributed by atoms with Gasteiger partial charge in [-0.3, -0.25) is 9.52 Å². The predicted octanol–water partition coefficient (Wildman–Crippen LogP) is 2.89. The van der Waals surface area contributed by atoms with E-state index in [0.717, 1.165) is 24.6 Å². The fourth-order valence-electron chi connectivity index (χ4n) is 2.50. The van der Waals surface area contributed by atoms with Gasteiger partial charge < -0.3 is 4.90 Å². The molecule has 0 unspecified atom stereocenters. The van der Waals surface area contributed by atoms with E-state index in [9.17, 15) is 22.0 Å². The van der Waals surface area contributed by atoms with E-state index < -0.39 is 21.7 Å². The fourth-order valence-corrected chi connectivity index (χ4v) is 3.55. The standard InChI is InChI=1S/C16H14F2N2O3S/c17-14-8-3-11(10-15(14)18)19-24(22,23)13-6-4-12(5-7-13)20-9-1-2-16(20)21/h3-8,10,19H,1-2,9H2. The first-order chi connectivity index (χ1) is 11.4. The van der Waals surface area contributed by atoms with Gasteiger partial charge in [-0.05, 0) is 42.8 Å². The summed E-state index contributed by atoms with van der Waals surface area (Å²) in [4.78, 5) is 13.2. The predicted molar refractivity (Wildman–Crippen MR) is 85.2 cm³/mol. The molecule has 0 atom stereocenters. The number of benzene rings is 2. The van der Waals surface area contributed by atoms with E-state index in [-0.39, 0.29) is 16.5 Å². The van der Waals surface area contributed by atoms with E-state index in [1.165, 1.54) is 12.1 Å². The zero-order valence-corrected chi connectivity index (χ0v) is 13.3. The number of amides is 1. The first-order valence-corrected chi connectivity index (χ1v) is 8.73. The van der Waals surface area contributed by atoms with Gasteiger partial charge in [0.05, 0.1) is 10.6 Å². The van der Waals surface area contributed by atoms with Gasteiger partial charge in [0, 0.05) is 24.7 Å². The van der Waals surface area contributed by atoms with Crippen LogP contribution >= 0.6 is 0 Å². The maximum Gasteiger partial charge on any atom is 0.261 e. The van der Waals surface area contributed by atoms with Crippen LogP contribution in [0.4, 0.5) is 20.2 Å². The summed E-state index contributed by atoms with van der Waals surface area (Å²) < 4.78 is 52.8. The number of nitrogens with zero attached hydrogens (tertiary/aromatic N) is 1. The van der Waals surface area contributed by atoms with Gasteiger partial charge in [-0.25, -0.2) is 17.2 Å². The van der Waals surface area contributed by atoms with Crippen LogP contribution in [0.2, 0.25) is 0 Å². The van der Waals surface area contributed by atoms with Gasteiger partial charge in [0.1, 0.15) is 0 Å². The van der Waals surface area contributed by atoms with Gasteiger partial charge in [0.2, 0.25) is 5.91 Å². The SMILES string of the molecule is O=C1CCCN1c1ccc(S(=O)(=O)Nc2ccc(F)c(F)c2)cc1. The number of rotatable bonds is 4. The lowest BCUT2D eigenvalue weighted by molar-refractivity contribution is -0.117. The molecule has 0 spiro atoms. The Balaban J connectivity index is 1.81. The molecule has 8 heteroatoms. The van der Waals surface area contributed by atoms with Crippen LogP contribution in [0.25, 0.3) is 0 Å². The van der Waals surface area contributed by atoms with Crippen molar-refractivity contribution >= 4 is 27.3 Å². The number of hydrogen-bond acceptors (Lipinski definition) is 3. The number of sulfonamides is 1. The molecule has 1 aliphatic heterocycles. The molecule has 2 aromatic carbocycles. The van der Waals surface area contributed by atoms with Gasteiger partial charge >= 0.3 is 0 Å². The van der Waals surface area contributed by atoms with Gasteiger partial charge in [-0.15, -0.1) is 0 Å². The van der Waals surface area contributed by atoms with Crippen LogP contribution in [0.5, 0.6) is 0 Å². The second-order valence-electron chi connectivity index (χ2n) is 5.38. The fraction of sp³-hybridized carbons (Fsp3) is 0.188. The highest BCUT2D eigenvalue weighted by Gasteiger charge is 2.22. The first-order valence-electron chi connectivity index (χ1n) is 7.25. The van der Waals surface area contributed by atoms with Crippen LogP contribution in [0.3, 0.4) is 0 Å². The van der Waals surface area contributed by atoms with Crippen molar-refractivity contribution in [2.24, 2.45) is 0 Å². The minimum absolute atomic E-state index is 0.00511. The normalized spacial score (nSPS) is 14.9. The van der Waals surface area contributed by atoms with Crippen molar-refractivity contribution in [1.29, 1.82) is 0 Å². The number of hydrogen-bond donors (Lipinski definition) is 1. The van der Waals surface area contributed by atoms with Crippen molar-refractivity contribution < 1.29 is 22.0 Å². The van der Waals surface area contributed by atoms with Crippen LogP contribution in [0.15, 0.2) is 47.4 Å². The lowest BCUT2D eigenvalue weighted by atomic mass is 10.3. The minimum Gasteiger partial charge on any atom is -0.312 e. The maximum absolute atomic E-state index is 13.2. The Morgan fingerprint density at radius 2 is 1.71 bits per heavy atom. The second kappa shape index (κ2) is 6.20. The average Bonchev–Trinajstić information content (AvgIpc) is 2.97. The Morgan fingerprint density at radius 1 is 1.00 bits per heavy atom. The second-order valence-corrected chi connectivity index (χ2v) is 7.06. The molecular formula is C16H14F2N2O3S. The van der Waals surface area contributed by atoms with Crippen molar-refractivity contribution in [3.8, 4) is 0 Å². The molecule has 0 aromatic heterocycles. The van der Waals surface area contributed by atoms with E-state index in [2.05, 4.69) is 4.72 Å². The van der Waals surface area contributed by atoms with Crippen molar-refractivity contribution in [2.75, 3.05) is 16.2 Å². The van der Waals surface area contributed by atoms with Gasteiger partial charge in [0.15, 0.2) is 11.6 Å². The van der Waals surface area contributed by atoms with E-state index in [0.29, 0.717) is 18.7 Å². The monoisotopic (exact) mass is 352 g/mol. The summed E-state index contributed by atoms with van der Waals surface area (Å²) in [5.74, 6) is -2.19. The van der Waals surface area contributed by atoms with E-state index >= 15 is 0 Å². The van der Waals surface area contributed by atoms with Crippen LogP contribution in [0, 0.1) is 11.6 Å². The number of carbonyl (C=O) groups is 1. The molecule has 1 saturated heterocycles. The average molecular weight is 352 g/mol. The van der Waals surface area contributed by atoms with Gasteiger partial charge in [-0.2, -0.15) is 0 Å². The molecule has 0 aliphatic carbocycles. The third-order valence-electron chi connectivity index (χ3n) is 3.70. The van der Waals surface area contributed by atoms with E-state index in [1.807, 2.05) is 0 Å². The van der Waals surface area contributed by atoms with Crippen molar-refractivity contribution in [1.82, 2.24) is 0 Å². The van der Waals surface area contributed by atoms with Crippen molar-refractivity contribution in [2.45, 2.75) is 17.7 Å². The highest BCUT2D eigenvalue weighted by atomic mass is 32.2. The summed E-state index contributed by atoms with van der Waals surface area (Å²) in [7, 11) is -3.94. The number of carbonyl (C=O) groups excluding carboxylic acids is 1. The highest BCUT2D eigenvalue weighted by Crippen LogP contribution is 2.24. The Hall–Kier alpha value is -2.48. The Kier molecular flexibility index (Phi) is 4.23. The summed E-state index contributed by atoms with van der Waals surface area (Å²) in [5, 5.41) is 0. The third-order valence-corrected chi connectivity index (χ3v) is 5.10. The number of halogens is 2. The Bertz CT molecular complexity index is 883. The number of anilines is 2. The van der Waals surface area contributed by atoms with Gasteiger partial charge in [-0.1, -0.05) is 0 Å². The van der Waals surface area contributed by atoms with Gasteiger partial charge in [0.25, 0.3) is 10.0 Å². The quantitative estimate of drug-likeness (QED) is 0.920. The van der Waals surface area contributed by atoms with Crippen LogP contribution in [-0.4, -0.2) is 20.9 Å². The summed E-state index contributed by atoms with van der Waals surface area (Å²) in [6.07, 6.45) is 1.26. The largest absolute Gasteiger partial charge is 0.312 e. The highest BCUT2D eigenvalue weighted by molar-refractivity contribution is 7.92. The topological polar surface area (TPSA) is 66.5 Å². The molecule has 2 aromatic rings. The first kappa shape index (κ1) is 16.4. The summed E-state index contributed by atoms with van der Waals surface area (Å²) in [6.45, 7) is 0.609. The molecule has 3 rings (SSSR count). The molecule has 5 nitrogen and oxygen atoms in total. The van der Waals surface area contributed by atoms with Crippen molar-refractivity contribution in [3.05, 3.63) is 54.1 Å². The molecule has 0 radical (unpaired) electrons. The molecule has 1 amide bonds. The molecule has 0 bridgehead atoms. The smallest absolute Gasteiger partial charge is 0.261 e. The molecule has 1 fully saturated rings. The molecule has 1 heterocycles. The summed E-state index contributed by atoms with van der Waals surface area (Å²) >= 11 is 0. The molecule has 24 heavy (non-hydrogen) atoms. The Morgan fingerprint density at radius 3 is 2.29 bits per heavy atom. The van der Waals surface area contributed by atoms with Crippen molar-refractivity contribution in [3.63, 3.8) is 0 Å². The van der Waals surface area contributed by atoms with E-state index in [4.69, 9.17) is 0 Å². The minimum atomic E-state index is -3.94. The molecule has 0 saturated carbocycles. The van der Waals surface area contributed by atoms with E-state index in [1.54, 1.807) is 17.0 Å². The zero-order chi connectivity index (χ0) is 17.3. The van der Waals surface area contributed by atoms with Crippen LogP contribution < -0.4 is 9.62 Å². The molecule has 1 aliphatic rings.